The summed E-state index contributed by atoms with van der Waals surface area (Å²) in [5.41, 5.74) is 5.75. The molecule has 0 bridgehead atoms. The van der Waals surface area contributed by atoms with Gasteiger partial charge in [-0.3, -0.25) is 0 Å². The smallest absolute Gasteiger partial charge is 0.0132 e. The van der Waals surface area contributed by atoms with Crippen LogP contribution in [0.2, 0.25) is 0 Å². The third kappa shape index (κ3) is 1.90. The molecule has 1 aliphatic rings. The van der Waals surface area contributed by atoms with Crippen LogP contribution in [0, 0.1) is 0 Å². The third-order valence-electron chi connectivity index (χ3n) is 2.99. The second-order valence-electron chi connectivity index (χ2n) is 5.26. The van der Waals surface area contributed by atoms with E-state index in [4.69, 9.17) is 0 Å². The first-order valence-corrected chi connectivity index (χ1v) is 5.48. The van der Waals surface area contributed by atoms with E-state index < -0.39 is 0 Å². The standard InChI is InChI=1S/C15H18/c1-11-5-10-14(11)12-6-8-13(9-7-12)15(2,3)4/h5-10H,1-4H3. The Morgan fingerprint density at radius 3 is 1.80 bits per heavy atom. The quantitative estimate of drug-likeness (QED) is 0.630. The van der Waals surface area contributed by atoms with E-state index in [9.17, 15) is 0 Å². The molecule has 0 heteroatoms. The molecule has 78 valence electrons. The summed E-state index contributed by atoms with van der Waals surface area (Å²) in [5, 5.41) is 0. The molecular weight excluding hydrogens is 180 g/mol. The van der Waals surface area contributed by atoms with Crippen molar-refractivity contribution in [1.29, 1.82) is 0 Å². The molecule has 1 aromatic carbocycles. The van der Waals surface area contributed by atoms with Gasteiger partial charge in [-0.15, -0.1) is 0 Å². The van der Waals surface area contributed by atoms with E-state index in [0.29, 0.717) is 0 Å². The average Bonchev–Trinajstić information content (AvgIpc) is 2.15. The third-order valence-corrected chi connectivity index (χ3v) is 2.99. The van der Waals surface area contributed by atoms with Crippen molar-refractivity contribution >= 4 is 5.57 Å². The summed E-state index contributed by atoms with van der Waals surface area (Å²) in [6, 6.07) is 8.93. The van der Waals surface area contributed by atoms with Crippen molar-refractivity contribution in [2.75, 3.05) is 0 Å². The molecule has 1 aliphatic carbocycles. The van der Waals surface area contributed by atoms with Gasteiger partial charge < -0.3 is 0 Å². The van der Waals surface area contributed by atoms with Crippen LogP contribution in [-0.2, 0) is 5.41 Å². The molecule has 0 fully saturated rings. The molecule has 15 heavy (non-hydrogen) atoms. The lowest BCUT2D eigenvalue weighted by atomic mass is 9.84. The van der Waals surface area contributed by atoms with Gasteiger partial charge in [0.2, 0.25) is 0 Å². The zero-order valence-corrected chi connectivity index (χ0v) is 9.96. The van der Waals surface area contributed by atoms with E-state index in [1.165, 1.54) is 22.3 Å². The average molecular weight is 198 g/mol. The first-order valence-electron chi connectivity index (χ1n) is 5.48. The van der Waals surface area contributed by atoms with E-state index in [2.05, 4.69) is 64.1 Å². The predicted octanol–water partition coefficient (Wildman–Crippen LogP) is 4.33. The Labute approximate surface area is 92.3 Å². The van der Waals surface area contributed by atoms with Crippen LogP contribution in [0.15, 0.2) is 42.0 Å². The van der Waals surface area contributed by atoms with Crippen LogP contribution >= 0.6 is 0 Å². The Hall–Kier alpha value is -1.30. The van der Waals surface area contributed by atoms with Gasteiger partial charge in [0.25, 0.3) is 0 Å². The van der Waals surface area contributed by atoms with Crippen molar-refractivity contribution in [3.8, 4) is 0 Å². The zero-order chi connectivity index (χ0) is 11.1. The minimum absolute atomic E-state index is 0.247. The van der Waals surface area contributed by atoms with Crippen LogP contribution in [0.1, 0.15) is 38.8 Å². The highest BCUT2D eigenvalue weighted by Gasteiger charge is 2.14. The van der Waals surface area contributed by atoms with Crippen LogP contribution in [-0.4, -0.2) is 0 Å². The van der Waals surface area contributed by atoms with Gasteiger partial charge in [-0.1, -0.05) is 57.2 Å². The molecule has 0 atom stereocenters. The van der Waals surface area contributed by atoms with Crippen molar-refractivity contribution in [3.05, 3.63) is 53.1 Å². The monoisotopic (exact) mass is 198 g/mol. The SMILES string of the molecule is CC1=CC=C1c1ccc(C(C)(C)C)cc1. The fourth-order valence-corrected chi connectivity index (χ4v) is 1.81. The summed E-state index contributed by atoms with van der Waals surface area (Å²) in [6.07, 6.45) is 4.34. The lowest BCUT2D eigenvalue weighted by Crippen LogP contribution is -2.10. The molecule has 0 spiro atoms. The van der Waals surface area contributed by atoms with Crippen LogP contribution < -0.4 is 0 Å². The summed E-state index contributed by atoms with van der Waals surface area (Å²) in [5.74, 6) is 0. The Morgan fingerprint density at radius 1 is 0.867 bits per heavy atom. The van der Waals surface area contributed by atoms with E-state index in [1.54, 1.807) is 0 Å². The lowest BCUT2D eigenvalue weighted by Gasteiger charge is -2.20. The highest BCUT2D eigenvalue weighted by Crippen LogP contribution is 2.31. The minimum atomic E-state index is 0.247. The number of hydrogen-bond donors (Lipinski definition) is 0. The van der Waals surface area contributed by atoms with Crippen LogP contribution in [0.4, 0.5) is 0 Å². The van der Waals surface area contributed by atoms with Crippen molar-refractivity contribution in [1.82, 2.24) is 0 Å². The molecule has 0 nitrogen and oxygen atoms in total. The first-order chi connectivity index (χ1) is 6.98. The molecule has 0 N–H and O–H groups in total. The van der Waals surface area contributed by atoms with Crippen molar-refractivity contribution in [2.24, 2.45) is 0 Å². The summed E-state index contributed by atoms with van der Waals surface area (Å²) >= 11 is 0. The van der Waals surface area contributed by atoms with Crippen molar-refractivity contribution in [3.63, 3.8) is 0 Å². The van der Waals surface area contributed by atoms with Crippen LogP contribution in [0.3, 0.4) is 0 Å². The normalized spacial score (nSPS) is 15.5. The Bertz CT molecular complexity index is 422. The molecule has 0 amide bonds. The molecule has 0 aromatic heterocycles. The van der Waals surface area contributed by atoms with Gasteiger partial charge >= 0.3 is 0 Å². The molecular formula is C15H18. The molecule has 0 saturated carbocycles. The lowest BCUT2D eigenvalue weighted by molar-refractivity contribution is 0.590. The molecule has 0 heterocycles. The van der Waals surface area contributed by atoms with Gasteiger partial charge in [-0.2, -0.15) is 0 Å². The van der Waals surface area contributed by atoms with E-state index in [0.717, 1.165) is 0 Å². The van der Waals surface area contributed by atoms with E-state index >= 15 is 0 Å². The highest BCUT2D eigenvalue weighted by molar-refractivity contribution is 5.85. The molecule has 2 rings (SSSR count). The predicted molar refractivity (Wildman–Crippen MR) is 66.9 cm³/mol. The second-order valence-corrected chi connectivity index (χ2v) is 5.26. The Morgan fingerprint density at radius 2 is 1.47 bits per heavy atom. The Kier molecular flexibility index (Phi) is 2.30. The first kappa shape index (κ1) is 10.2. The summed E-state index contributed by atoms with van der Waals surface area (Å²) in [7, 11) is 0. The van der Waals surface area contributed by atoms with Gasteiger partial charge in [0.15, 0.2) is 0 Å². The zero-order valence-electron chi connectivity index (χ0n) is 9.96. The summed E-state index contributed by atoms with van der Waals surface area (Å²) in [4.78, 5) is 0. The number of rotatable bonds is 1. The molecule has 0 saturated heterocycles. The highest BCUT2D eigenvalue weighted by atomic mass is 14.2. The molecule has 0 radical (unpaired) electrons. The number of benzene rings is 1. The van der Waals surface area contributed by atoms with Crippen molar-refractivity contribution in [2.45, 2.75) is 33.1 Å². The van der Waals surface area contributed by atoms with Gasteiger partial charge in [-0.25, -0.2) is 0 Å². The van der Waals surface area contributed by atoms with E-state index in [1.807, 2.05) is 0 Å². The maximum absolute atomic E-state index is 2.25. The molecule has 1 aromatic rings. The fraction of sp³-hybridized carbons (Fsp3) is 0.333. The number of hydrogen-bond acceptors (Lipinski definition) is 0. The maximum atomic E-state index is 2.25. The number of allylic oxidation sites excluding steroid dienone is 4. The summed E-state index contributed by atoms with van der Waals surface area (Å²) < 4.78 is 0. The topological polar surface area (TPSA) is 0 Å². The Balaban J connectivity index is 2.26. The van der Waals surface area contributed by atoms with Gasteiger partial charge in [0.1, 0.15) is 0 Å². The largest absolute Gasteiger partial charge is 0.0581 e. The maximum Gasteiger partial charge on any atom is -0.0132 e. The molecule has 0 aliphatic heterocycles. The van der Waals surface area contributed by atoms with Gasteiger partial charge in [0.05, 0.1) is 0 Å². The van der Waals surface area contributed by atoms with Gasteiger partial charge in [0, 0.05) is 0 Å². The van der Waals surface area contributed by atoms with Crippen LogP contribution in [0.5, 0.6) is 0 Å². The van der Waals surface area contributed by atoms with Crippen LogP contribution in [0.25, 0.3) is 5.57 Å². The second kappa shape index (κ2) is 3.37. The molecule has 0 unspecified atom stereocenters. The summed E-state index contributed by atoms with van der Waals surface area (Å²) in [6.45, 7) is 8.90. The van der Waals surface area contributed by atoms with E-state index in [-0.39, 0.29) is 5.41 Å². The minimum Gasteiger partial charge on any atom is -0.0581 e. The van der Waals surface area contributed by atoms with Crippen molar-refractivity contribution < 1.29 is 0 Å². The van der Waals surface area contributed by atoms with Gasteiger partial charge in [-0.05, 0) is 34.6 Å². The fourth-order valence-electron chi connectivity index (χ4n) is 1.81.